The van der Waals surface area contributed by atoms with Gasteiger partial charge in [0.25, 0.3) is 0 Å². The molecular weight excluding hydrogens is 216 g/mol. The number of nitrogens with zero attached hydrogens (tertiary/aromatic N) is 2. The maximum Gasteiger partial charge on any atom is 0.304 e. The Hall–Kier alpha value is -1.42. The Morgan fingerprint density at radius 2 is 2.29 bits per heavy atom. The quantitative estimate of drug-likeness (QED) is 0.784. The molecule has 4 nitrogen and oxygen atoms in total. The van der Waals surface area contributed by atoms with Crippen molar-refractivity contribution in [2.45, 2.75) is 32.2 Å². The predicted molar refractivity (Wildman–Crippen MR) is 66.9 cm³/mol. The van der Waals surface area contributed by atoms with Gasteiger partial charge in [0.05, 0.1) is 6.42 Å². The van der Waals surface area contributed by atoms with E-state index in [-0.39, 0.29) is 12.5 Å². The van der Waals surface area contributed by atoms with Crippen LogP contribution >= 0.6 is 0 Å². The van der Waals surface area contributed by atoms with Crippen molar-refractivity contribution < 1.29 is 9.90 Å². The number of carbonyl (C=O) groups is 1. The zero-order chi connectivity index (χ0) is 12.7. The first-order valence-electron chi connectivity index (χ1n) is 5.95. The van der Waals surface area contributed by atoms with Crippen molar-refractivity contribution >= 4 is 5.97 Å². The number of carboxylic acid groups (broad SMARTS) is 1. The molecule has 1 aromatic rings. The van der Waals surface area contributed by atoms with Crippen molar-refractivity contribution in [2.75, 3.05) is 13.6 Å². The van der Waals surface area contributed by atoms with Crippen LogP contribution in [0.5, 0.6) is 0 Å². The molecule has 4 heteroatoms. The van der Waals surface area contributed by atoms with E-state index in [9.17, 15) is 4.79 Å². The van der Waals surface area contributed by atoms with Crippen LogP contribution in [0.4, 0.5) is 0 Å². The second-order valence-corrected chi connectivity index (χ2v) is 4.21. The summed E-state index contributed by atoms with van der Waals surface area (Å²) < 4.78 is 0. The van der Waals surface area contributed by atoms with Crippen LogP contribution in [0, 0.1) is 0 Å². The number of carboxylic acids is 1. The minimum Gasteiger partial charge on any atom is -0.481 e. The molecule has 0 aliphatic carbocycles. The summed E-state index contributed by atoms with van der Waals surface area (Å²) in [7, 11) is 1.97. The predicted octanol–water partition coefficient (Wildman–Crippen LogP) is 1.81. The molecule has 0 saturated heterocycles. The van der Waals surface area contributed by atoms with Crippen molar-refractivity contribution in [3.05, 3.63) is 30.1 Å². The SMILES string of the molecule is CCC(CC(=O)O)N(C)CCc1ccccn1. The molecule has 0 aliphatic heterocycles. The van der Waals surface area contributed by atoms with Gasteiger partial charge in [-0.1, -0.05) is 13.0 Å². The third-order valence-electron chi connectivity index (χ3n) is 2.95. The molecule has 1 aromatic heterocycles. The van der Waals surface area contributed by atoms with Crippen molar-refractivity contribution in [1.29, 1.82) is 0 Å². The Balaban J connectivity index is 2.42. The first kappa shape index (κ1) is 13.6. The fourth-order valence-corrected chi connectivity index (χ4v) is 1.83. The highest BCUT2D eigenvalue weighted by atomic mass is 16.4. The monoisotopic (exact) mass is 236 g/mol. The molecular formula is C13H20N2O2. The van der Waals surface area contributed by atoms with Crippen LogP contribution < -0.4 is 0 Å². The van der Waals surface area contributed by atoms with Gasteiger partial charge < -0.3 is 10.0 Å². The summed E-state index contributed by atoms with van der Waals surface area (Å²) in [5.41, 5.74) is 1.05. The molecule has 0 aliphatic rings. The highest BCUT2D eigenvalue weighted by Gasteiger charge is 2.15. The van der Waals surface area contributed by atoms with E-state index < -0.39 is 5.97 Å². The third kappa shape index (κ3) is 4.95. The van der Waals surface area contributed by atoms with E-state index in [1.165, 1.54) is 0 Å². The van der Waals surface area contributed by atoms with Crippen LogP contribution in [-0.4, -0.2) is 40.6 Å². The van der Waals surface area contributed by atoms with Crippen LogP contribution in [0.3, 0.4) is 0 Å². The first-order valence-corrected chi connectivity index (χ1v) is 5.95. The maximum atomic E-state index is 10.7. The average Bonchev–Trinajstić information content (AvgIpc) is 2.34. The van der Waals surface area contributed by atoms with Crippen LogP contribution in [0.15, 0.2) is 24.4 Å². The molecule has 0 aromatic carbocycles. The summed E-state index contributed by atoms with van der Waals surface area (Å²) >= 11 is 0. The maximum absolute atomic E-state index is 10.7. The molecule has 0 spiro atoms. The molecule has 0 fully saturated rings. The fourth-order valence-electron chi connectivity index (χ4n) is 1.83. The van der Waals surface area contributed by atoms with Crippen LogP contribution in [0.25, 0.3) is 0 Å². The molecule has 1 rings (SSSR count). The number of likely N-dealkylation sites (N-methyl/N-ethyl adjacent to an activating group) is 1. The Morgan fingerprint density at radius 3 is 2.82 bits per heavy atom. The number of aromatic nitrogens is 1. The number of hydrogen-bond acceptors (Lipinski definition) is 3. The summed E-state index contributed by atoms with van der Waals surface area (Å²) in [6, 6.07) is 5.96. The van der Waals surface area contributed by atoms with E-state index in [0.29, 0.717) is 0 Å². The van der Waals surface area contributed by atoms with Gasteiger partial charge in [-0.05, 0) is 25.6 Å². The summed E-state index contributed by atoms with van der Waals surface area (Å²) in [5.74, 6) is -0.735. The Labute approximate surface area is 102 Å². The molecule has 0 saturated carbocycles. The van der Waals surface area contributed by atoms with Gasteiger partial charge in [0.1, 0.15) is 0 Å². The molecule has 1 unspecified atom stereocenters. The van der Waals surface area contributed by atoms with Gasteiger partial charge in [-0.15, -0.1) is 0 Å². The highest BCUT2D eigenvalue weighted by molar-refractivity contribution is 5.67. The number of hydrogen-bond donors (Lipinski definition) is 1. The third-order valence-corrected chi connectivity index (χ3v) is 2.95. The molecule has 1 N–H and O–H groups in total. The lowest BCUT2D eigenvalue weighted by Crippen LogP contribution is -2.34. The van der Waals surface area contributed by atoms with E-state index in [4.69, 9.17) is 5.11 Å². The van der Waals surface area contributed by atoms with Crippen LogP contribution in [-0.2, 0) is 11.2 Å². The molecule has 94 valence electrons. The van der Waals surface area contributed by atoms with Gasteiger partial charge in [0.2, 0.25) is 0 Å². The van der Waals surface area contributed by atoms with Gasteiger partial charge >= 0.3 is 5.97 Å². The Morgan fingerprint density at radius 1 is 1.53 bits per heavy atom. The zero-order valence-electron chi connectivity index (χ0n) is 10.5. The van der Waals surface area contributed by atoms with Gasteiger partial charge in [0.15, 0.2) is 0 Å². The lowest BCUT2D eigenvalue weighted by Gasteiger charge is -2.25. The second kappa shape index (κ2) is 7.01. The van der Waals surface area contributed by atoms with Crippen molar-refractivity contribution in [1.82, 2.24) is 9.88 Å². The molecule has 0 bridgehead atoms. The summed E-state index contributed by atoms with van der Waals surface area (Å²) in [5, 5.41) is 8.81. The molecule has 17 heavy (non-hydrogen) atoms. The van der Waals surface area contributed by atoms with Crippen LogP contribution in [0.1, 0.15) is 25.5 Å². The Kier molecular flexibility index (Phi) is 5.63. The van der Waals surface area contributed by atoms with E-state index in [2.05, 4.69) is 9.88 Å². The lowest BCUT2D eigenvalue weighted by molar-refractivity contribution is -0.138. The topological polar surface area (TPSA) is 53.4 Å². The largest absolute Gasteiger partial charge is 0.481 e. The standard InChI is InChI=1S/C13H20N2O2/c1-3-12(10-13(16)17)15(2)9-7-11-6-4-5-8-14-11/h4-6,8,12H,3,7,9-10H2,1-2H3,(H,16,17). The molecule has 0 radical (unpaired) electrons. The van der Waals surface area contributed by atoms with Crippen molar-refractivity contribution in [3.8, 4) is 0 Å². The minimum atomic E-state index is -0.735. The first-order chi connectivity index (χ1) is 8.13. The van der Waals surface area contributed by atoms with E-state index in [1.54, 1.807) is 6.20 Å². The lowest BCUT2D eigenvalue weighted by atomic mass is 10.1. The van der Waals surface area contributed by atoms with Gasteiger partial charge in [0, 0.05) is 30.9 Å². The Bertz CT molecular complexity index is 341. The smallest absolute Gasteiger partial charge is 0.304 e. The van der Waals surface area contributed by atoms with Gasteiger partial charge in [-0.2, -0.15) is 0 Å². The number of pyridine rings is 1. The fraction of sp³-hybridized carbons (Fsp3) is 0.538. The molecule has 1 atom stereocenters. The van der Waals surface area contributed by atoms with Gasteiger partial charge in [-0.3, -0.25) is 9.78 Å². The summed E-state index contributed by atoms with van der Waals surface area (Å²) in [6.45, 7) is 2.85. The van der Waals surface area contributed by atoms with E-state index >= 15 is 0 Å². The number of aliphatic carboxylic acids is 1. The minimum absolute atomic E-state index is 0.108. The van der Waals surface area contributed by atoms with Crippen LogP contribution in [0.2, 0.25) is 0 Å². The van der Waals surface area contributed by atoms with E-state index in [0.717, 1.165) is 25.1 Å². The normalized spacial score (nSPS) is 12.6. The van der Waals surface area contributed by atoms with Crippen molar-refractivity contribution in [3.63, 3.8) is 0 Å². The van der Waals surface area contributed by atoms with E-state index in [1.807, 2.05) is 32.2 Å². The molecule has 1 heterocycles. The van der Waals surface area contributed by atoms with Crippen molar-refractivity contribution in [2.24, 2.45) is 0 Å². The summed E-state index contributed by atoms with van der Waals surface area (Å²) in [6.07, 6.45) is 3.69. The summed E-state index contributed by atoms with van der Waals surface area (Å²) in [4.78, 5) is 17.1. The van der Waals surface area contributed by atoms with Gasteiger partial charge in [-0.25, -0.2) is 0 Å². The highest BCUT2D eigenvalue weighted by Crippen LogP contribution is 2.07. The average molecular weight is 236 g/mol. The second-order valence-electron chi connectivity index (χ2n) is 4.21. The zero-order valence-corrected chi connectivity index (χ0v) is 10.5. The number of rotatable bonds is 7. The molecule has 0 amide bonds.